The quantitative estimate of drug-likeness (QED) is 0.471. The van der Waals surface area contributed by atoms with Crippen molar-refractivity contribution in [2.45, 2.75) is 45.7 Å². The van der Waals surface area contributed by atoms with Gasteiger partial charge in [-0.3, -0.25) is 14.7 Å². The van der Waals surface area contributed by atoms with E-state index in [1.54, 1.807) is 12.4 Å². The molecule has 0 aliphatic carbocycles. The molecule has 34 heavy (non-hydrogen) atoms. The van der Waals surface area contributed by atoms with Crippen molar-refractivity contribution in [1.29, 1.82) is 0 Å². The lowest BCUT2D eigenvalue weighted by atomic mass is 9.98. The Bertz CT molecular complexity index is 1160. The summed E-state index contributed by atoms with van der Waals surface area (Å²) < 4.78 is 0. The first kappa shape index (κ1) is 23.6. The zero-order valence-corrected chi connectivity index (χ0v) is 20.2. The molecule has 2 aromatic heterocycles. The Morgan fingerprint density at radius 3 is 2.71 bits per heavy atom. The number of anilines is 3. The molecule has 6 nitrogen and oxygen atoms in total. The smallest absolute Gasteiger partial charge is 0.250 e. The number of nitrogens with zero attached hydrogens (tertiary/aromatic N) is 4. The number of likely N-dealkylation sites (tertiary alicyclic amines) is 1. The molecule has 1 aliphatic heterocycles. The van der Waals surface area contributed by atoms with Gasteiger partial charge >= 0.3 is 0 Å². The van der Waals surface area contributed by atoms with Crippen molar-refractivity contribution in [1.82, 2.24) is 14.9 Å². The first-order valence-corrected chi connectivity index (χ1v) is 11.9. The molecule has 1 atom stereocenters. The summed E-state index contributed by atoms with van der Waals surface area (Å²) in [7, 11) is 0. The number of aryl methyl sites for hydroxylation is 1. The van der Waals surface area contributed by atoms with Gasteiger partial charge in [0.1, 0.15) is 5.82 Å². The molecule has 1 aromatic carbocycles. The molecule has 0 unspecified atom stereocenters. The van der Waals surface area contributed by atoms with Crippen LogP contribution in [0.2, 0.25) is 0 Å². The van der Waals surface area contributed by atoms with Gasteiger partial charge in [-0.1, -0.05) is 24.8 Å². The maximum absolute atomic E-state index is 13.2. The van der Waals surface area contributed by atoms with Crippen LogP contribution in [0.3, 0.4) is 0 Å². The number of aromatic nitrogens is 2. The van der Waals surface area contributed by atoms with Gasteiger partial charge < -0.3 is 10.2 Å². The van der Waals surface area contributed by atoms with Crippen molar-refractivity contribution < 1.29 is 4.79 Å². The number of nitrogens with one attached hydrogen (secondary N) is 1. The molecule has 0 bridgehead atoms. The summed E-state index contributed by atoms with van der Waals surface area (Å²) in [6.45, 7) is 12.1. The molecule has 3 aromatic rings. The van der Waals surface area contributed by atoms with E-state index in [1.807, 2.05) is 54.3 Å². The second kappa shape index (κ2) is 10.6. The maximum atomic E-state index is 13.2. The highest BCUT2D eigenvalue weighted by Crippen LogP contribution is 2.37. The van der Waals surface area contributed by atoms with Crippen LogP contribution in [-0.4, -0.2) is 45.9 Å². The fourth-order valence-corrected chi connectivity index (χ4v) is 4.65. The molecule has 1 N–H and O–H groups in total. The largest absolute Gasteiger partial charge is 0.340 e. The van der Waals surface area contributed by atoms with Gasteiger partial charge in [-0.15, -0.1) is 0 Å². The fourth-order valence-electron chi connectivity index (χ4n) is 4.65. The van der Waals surface area contributed by atoms with Crippen molar-refractivity contribution in [2.75, 3.05) is 23.3 Å². The summed E-state index contributed by atoms with van der Waals surface area (Å²) in [5, 5.41) is 3.44. The van der Waals surface area contributed by atoms with E-state index in [4.69, 9.17) is 0 Å². The summed E-state index contributed by atoms with van der Waals surface area (Å²) in [5.74, 6) is 0.658. The van der Waals surface area contributed by atoms with Crippen molar-refractivity contribution >= 4 is 23.1 Å². The Hall–Kier alpha value is -3.51. The summed E-state index contributed by atoms with van der Waals surface area (Å²) in [6, 6.07) is 16.5. The molecule has 3 heterocycles. The molecule has 176 valence electrons. The van der Waals surface area contributed by atoms with Crippen LogP contribution >= 0.6 is 0 Å². The molecule has 1 aliphatic rings. The number of carbonyl (C=O) groups excluding carboxylic acids is 1. The third-order valence-electron chi connectivity index (χ3n) is 6.36. The molecule has 6 heteroatoms. The zero-order chi connectivity index (χ0) is 24.1. The lowest BCUT2D eigenvalue weighted by Crippen LogP contribution is -2.51. The highest BCUT2D eigenvalue weighted by atomic mass is 16.2. The van der Waals surface area contributed by atoms with Crippen molar-refractivity contribution in [3.63, 3.8) is 0 Å². The fraction of sp³-hybridized carbons (Fsp3) is 0.321. The summed E-state index contributed by atoms with van der Waals surface area (Å²) in [6.07, 6.45) is 7.00. The van der Waals surface area contributed by atoms with E-state index in [1.165, 1.54) is 6.08 Å². The predicted octanol–water partition coefficient (Wildman–Crippen LogP) is 5.59. The molecule has 0 radical (unpaired) electrons. The van der Waals surface area contributed by atoms with Crippen molar-refractivity contribution in [2.24, 2.45) is 0 Å². The SMILES string of the molecule is C=CC(=O)N(c1ccccc1-c1cccnc1Nc1ccnc(C)c1)[C@H]1CCCN(C(C)C)C1. The number of benzene rings is 1. The molecule has 0 saturated carbocycles. The van der Waals surface area contributed by atoms with Crippen LogP contribution < -0.4 is 10.2 Å². The second-order valence-corrected chi connectivity index (χ2v) is 9.02. The Balaban J connectivity index is 1.76. The van der Waals surface area contributed by atoms with Crippen LogP contribution in [-0.2, 0) is 4.79 Å². The number of piperidine rings is 1. The third kappa shape index (κ3) is 5.18. The number of carbonyl (C=O) groups is 1. The summed E-state index contributed by atoms with van der Waals surface area (Å²) in [4.78, 5) is 26.5. The minimum atomic E-state index is -0.0776. The van der Waals surface area contributed by atoms with Gasteiger partial charge in [-0.2, -0.15) is 0 Å². The van der Waals surface area contributed by atoms with E-state index in [9.17, 15) is 4.79 Å². The predicted molar refractivity (Wildman–Crippen MR) is 139 cm³/mol. The normalized spacial score (nSPS) is 16.3. The summed E-state index contributed by atoms with van der Waals surface area (Å²) >= 11 is 0. The van der Waals surface area contributed by atoms with E-state index in [-0.39, 0.29) is 11.9 Å². The highest BCUT2D eigenvalue weighted by molar-refractivity contribution is 6.05. The lowest BCUT2D eigenvalue weighted by molar-refractivity contribution is -0.114. The average Bonchev–Trinajstić information content (AvgIpc) is 2.85. The van der Waals surface area contributed by atoms with E-state index in [2.05, 4.69) is 46.7 Å². The zero-order valence-electron chi connectivity index (χ0n) is 20.2. The standard InChI is InChI=1S/C28H33N5O/c1-5-27(34)33(23-10-9-17-32(19-23)20(2)3)26-13-7-6-11-24(26)25-12-8-15-30-28(25)31-22-14-16-29-21(4)18-22/h5-8,11-16,18,20,23H,1,9-10,17,19H2,2-4H3,(H,29,30,31)/t23-/m0/s1. The second-order valence-electron chi connectivity index (χ2n) is 9.02. The van der Waals surface area contributed by atoms with Gasteiger partial charge in [-0.05, 0) is 76.6 Å². The summed E-state index contributed by atoms with van der Waals surface area (Å²) in [5.41, 5.74) is 4.62. The molecular weight excluding hydrogens is 422 g/mol. The number of para-hydroxylation sites is 1. The van der Waals surface area contributed by atoms with Crippen LogP contribution in [0.4, 0.5) is 17.2 Å². The molecule has 1 amide bonds. The van der Waals surface area contributed by atoms with Gasteiger partial charge in [-0.25, -0.2) is 4.98 Å². The van der Waals surface area contributed by atoms with Crippen molar-refractivity contribution in [3.8, 4) is 11.1 Å². The van der Waals surface area contributed by atoms with Crippen LogP contribution in [0.1, 0.15) is 32.4 Å². The topological polar surface area (TPSA) is 61.4 Å². The Morgan fingerprint density at radius 2 is 1.94 bits per heavy atom. The Morgan fingerprint density at radius 1 is 1.15 bits per heavy atom. The molecule has 1 saturated heterocycles. The minimum absolute atomic E-state index is 0.0776. The third-order valence-corrected chi connectivity index (χ3v) is 6.36. The number of amides is 1. The van der Waals surface area contributed by atoms with Gasteiger partial charge in [0.2, 0.25) is 0 Å². The lowest BCUT2D eigenvalue weighted by Gasteiger charge is -2.41. The molecule has 4 rings (SSSR count). The molecule has 0 spiro atoms. The maximum Gasteiger partial charge on any atom is 0.250 e. The van der Waals surface area contributed by atoms with E-state index >= 15 is 0 Å². The number of hydrogen-bond acceptors (Lipinski definition) is 5. The van der Waals surface area contributed by atoms with Gasteiger partial charge in [0, 0.05) is 53.5 Å². The van der Waals surface area contributed by atoms with Crippen LogP contribution in [0.5, 0.6) is 0 Å². The Kier molecular flexibility index (Phi) is 7.38. The first-order chi connectivity index (χ1) is 16.5. The van der Waals surface area contributed by atoms with Crippen LogP contribution in [0.25, 0.3) is 11.1 Å². The number of pyridine rings is 2. The van der Waals surface area contributed by atoms with E-state index in [0.717, 1.165) is 59.9 Å². The van der Waals surface area contributed by atoms with E-state index in [0.29, 0.717) is 6.04 Å². The van der Waals surface area contributed by atoms with Crippen LogP contribution in [0, 0.1) is 6.92 Å². The molecular formula is C28H33N5O. The van der Waals surface area contributed by atoms with E-state index < -0.39 is 0 Å². The highest BCUT2D eigenvalue weighted by Gasteiger charge is 2.31. The number of rotatable bonds is 7. The monoisotopic (exact) mass is 455 g/mol. The van der Waals surface area contributed by atoms with Crippen LogP contribution in [0.15, 0.2) is 73.6 Å². The number of hydrogen-bond donors (Lipinski definition) is 1. The van der Waals surface area contributed by atoms with Gasteiger partial charge in [0.15, 0.2) is 0 Å². The van der Waals surface area contributed by atoms with Gasteiger partial charge in [0.05, 0.1) is 5.69 Å². The first-order valence-electron chi connectivity index (χ1n) is 11.9. The minimum Gasteiger partial charge on any atom is -0.340 e. The van der Waals surface area contributed by atoms with Gasteiger partial charge in [0.25, 0.3) is 5.91 Å². The average molecular weight is 456 g/mol. The Labute approximate surface area is 202 Å². The van der Waals surface area contributed by atoms with Crippen molar-refractivity contribution in [3.05, 3.63) is 79.3 Å². The molecule has 1 fully saturated rings.